The molecule has 0 aliphatic carbocycles. The summed E-state index contributed by atoms with van der Waals surface area (Å²) in [7, 11) is 1.65. The first-order valence-electron chi connectivity index (χ1n) is 9.04. The van der Waals surface area contributed by atoms with Gasteiger partial charge in [0, 0.05) is 21.1 Å². The molecule has 0 bridgehead atoms. The molecule has 3 aromatic carbocycles. The second kappa shape index (κ2) is 7.18. The van der Waals surface area contributed by atoms with Crippen LogP contribution in [0.15, 0.2) is 77.3 Å². The number of methoxy groups -OCH3 is 1. The van der Waals surface area contributed by atoms with Gasteiger partial charge in [-0.3, -0.25) is 0 Å². The molecule has 29 heavy (non-hydrogen) atoms. The second-order valence-corrected chi connectivity index (χ2v) is 7.41. The molecule has 1 N–H and O–H groups in total. The molecule has 0 radical (unpaired) electrons. The van der Waals surface area contributed by atoms with Crippen LogP contribution in [0.2, 0.25) is 0 Å². The van der Waals surface area contributed by atoms with Gasteiger partial charge in [0.25, 0.3) is 0 Å². The Morgan fingerprint density at radius 1 is 0.897 bits per heavy atom. The van der Waals surface area contributed by atoms with Crippen LogP contribution in [-0.4, -0.2) is 26.7 Å². The molecule has 6 nitrogen and oxygen atoms in total. The first-order valence-corrected chi connectivity index (χ1v) is 9.83. The molecule has 7 heteroatoms. The van der Waals surface area contributed by atoms with Crippen LogP contribution in [0.5, 0.6) is 5.75 Å². The van der Waals surface area contributed by atoms with Gasteiger partial charge < -0.3 is 10.1 Å². The van der Waals surface area contributed by atoms with E-state index >= 15 is 0 Å². The van der Waals surface area contributed by atoms with Gasteiger partial charge in [-0.05, 0) is 48.5 Å². The Labute approximate surface area is 175 Å². The molecule has 0 unspecified atom stereocenters. The quantitative estimate of drug-likeness (QED) is 0.397. The summed E-state index contributed by atoms with van der Waals surface area (Å²) in [4.78, 5) is 4.85. The Hall–Kier alpha value is -3.45. The van der Waals surface area contributed by atoms with Crippen molar-refractivity contribution in [2.24, 2.45) is 0 Å². The minimum absolute atomic E-state index is 0.645. The molecule has 5 aromatic rings. The van der Waals surface area contributed by atoms with E-state index in [1.807, 2.05) is 77.2 Å². The summed E-state index contributed by atoms with van der Waals surface area (Å²) < 4.78 is 8.21. The maximum Gasteiger partial charge on any atom is 0.215 e. The van der Waals surface area contributed by atoms with E-state index in [-0.39, 0.29) is 0 Å². The zero-order chi connectivity index (χ0) is 19.8. The third-order valence-corrected chi connectivity index (χ3v) is 5.22. The number of fused-ring (bicyclic) bond motifs is 3. The van der Waals surface area contributed by atoms with Crippen molar-refractivity contribution in [1.82, 2.24) is 19.6 Å². The second-order valence-electron chi connectivity index (χ2n) is 6.50. The number of hydrogen-bond donors (Lipinski definition) is 1. The van der Waals surface area contributed by atoms with Gasteiger partial charge in [0.15, 0.2) is 11.5 Å². The van der Waals surface area contributed by atoms with Gasteiger partial charge >= 0.3 is 0 Å². The highest BCUT2D eigenvalue weighted by molar-refractivity contribution is 9.10. The molecule has 0 saturated carbocycles. The predicted molar refractivity (Wildman–Crippen MR) is 118 cm³/mol. The fourth-order valence-electron chi connectivity index (χ4n) is 3.26. The number of nitrogens with zero attached hydrogens (tertiary/aromatic N) is 4. The van der Waals surface area contributed by atoms with Crippen LogP contribution >= 0.6 is 15.9 Å². The van der Waals surface area contributed by atoms with Crippen LogP contribution in [0.4, 0.5) is 11.6 Å². The minimum atomic E-state index is 0.645. The molecular weight excluding hydrogens is 430 g/mol. The van der Waals surface area contributed by atoms with Crippen molar-refractivity contribution < 1.29 is 4.74 Å². The van der Waals surface area contributed by atoms with Crippen LogP contribution in [0, 0.1) is 0 Å². The van der Waals surface area contributed by atoms with Crippen LogP contribution < -0.4 is 10.1 Å². The third kappa shape index (κ3) is 3.19. The molecule has 0 aliphatic heterocycles. The lowest BCUT2D eigenvalue weighted by atomic mass is 10.2. The van der Waals surface area contributed by atoms with Gasteiger partial charge in [-0.1, -0.05) is 40.2 Å². The highest BCUT2D eigenvalue weighted by Gasteiger charge is 2.16. The van der Waals surface area contributed by atoms with E-state index in [2.05, 4.69) is 31.4 Å². The Balaban J connectivity index is 1.72. The zero-order valence-electron chi connectivity index (χ0n) is 15.5. The number of benzene rings is 3. The van der Waals surface area contributed by atoms with E-state index in [9.17, 15) is 0 Å². The molecule has 0 fully saturated rings. The van der Waals surface area contributed by atoms with Crippen LogP contribution in [-0.2, 0) is 0 Å². The van der Waals surface area contributed by atoms with Crippen molar-refractivity contribution in [2.45, 2.75) is 0 Å². The number of hydrogen-bond acceptors (Lipinski definition) is 5. The number of rotatable bonds is 4. The van der Waals surface area contributed by atoms with E-state index in [0.29, 0.717) is 5.95 Å². The lowest BCUT2D eigenvalue weighted by Gasteiger charge is -2.12. The monoisotopic (exact) mass is 445 g/mol. The Bertz CT molecular complexity index is 1310. The Morgan fingerprint density at radius 3 is 2.41 bits per heavy atom. The van der Waals surface area contributed by atoms with Crippen molar-refractivity contribution >= 4 is 44.1 Å². The largest absolute Gasteiger partial charge is 0.497 e. The SMILES string of the molecule is COc1ccc(Nc2nc3ccccc3c3nnc(-c4ccc(Br)cc4)n23)cc1. The van der Waals surface area contributed by atoms with E-state index < -0.39 is 0 Å². The normalized spacial score (nSPS) is 11.1. The molecule has 0 spiro atoms. The summed E-state index contributed by atoms with van der Waals surface area (Å²) in [5.41, 5.74) is 3.45. The van der Waals surface area contributed by atoms with E-state index in [1.54, 1.807) is 7.11 Å². The molecular formula is C22H16BrN5O. The molecule has 0 atom stereocenters. The fraction of sp³-hybridized carbons (Fsp3) is 0.0455. The Kier molecular flexibility index (Phi) is 4.37. The molecule has 5 rings (SSSR count). The number of aromatic nitrogens is 4. The average molecular weight is 446 g/mol. The van der Waals surface area contributed by atoms with Crippen LogP contribution in [0.3, 0.4) is 0 Å². The summed E-state index contributed by atoms with van der Waals surface area (Å²) in [6.07, 6.45) is 0. The molecule has 0 aliphatic rings. The maximum atomic E-state index is 5.25. The summed E-state index contributed by atoms with van der Waals surface area (Å²) >= 11 is 3.48. The fourth-order valence-corrected chi connectivity index (χ4v) is 3.52. The number of para-hydroxylation sites is 1. The molecule has 0 amide bonds. The van der Waals surface area contributed by atoms with Crippen molar-refractivity contribution in [3.63, 3.8) is 0 Å². The van der Waals surface area contributed by atoms with Crippen LogP contribution in [0.25, 0.3) is 27.9 Å². The van der Waals surface area contributed by atoms with E-state index in [0.717, 1.165) is 43.8 Å². The minimum Gasteiger partial charge on any atom is -0.497 e. The smallest absolute Gasteiger partial charge is 0.215 e. The number of anilines is 2. The lowest BCUT2D eigenvalue weighted by molar-refractivity contribution is 0.415. The van der Waals surface area contributed by atoms with Gasteiger partial charge in [-0.2, -0.15) is 0 Å². The summed E-state index contributed by atoms with van der Waals surface area (Å²) in [6, 6.07) is 23.6. The van der Waals surface area contributed by atoms with Crippen molar-refractivity contribution in [3.8, 4) is 17.1 Å². The van der Waals surface area contributed by atoms with E-state index in [4.69, 9.17) is 9.72 Å². The number of nitrogens with one attached hydrogen (secondary N) is 1. The number of halogens is 1. The third-order valence-electron chi connectivity index (χ3n) is 4.69. The number of ether oxygens (including phenoxy) is 1. The summed E-state index contributed by atoms with van der Waals surface area (Å²) in [5, 5.41) is 13.3. The summed E-state index contributed by atoms with van der Waals surface area (Å²) in [5.74, 6) is 2.17. The average Bonchev–Trinajstić information content (AvgIpc) is 3.21. The molecule has 0 saturated heterocycles. The van der Waals surface area contributed by atoms with Gasteiger partial charge in [-0.15, -0.1) is 10.2 Å². The van der Waals surface area contributed by atoms with Gasteiger partial charge in [0.2, 0.25) is 5.95 Å². The standard InChI is InChI=1S/C22H16BrN5O/c1-29-17-12-10-16(11-13-17)24-22-25-19-5-3-2-4-18(19)21-27-26-20(28(21)22)14-6-8-15(23)9-7-14/h2-13H,1H3,(H,24,25). The maximum absolute atomic E-state index is 5.25. The van der Waals surface area contributed by atoms with Crippen molar-refractivity contribution in [2.75, 3.05) is 12.4 Å². The lowest BCUT2D eigenvalue weighted by Crippen LogP contribution is -2.04. The first-order chi connectivity index (χ1) is 14.2. The van der Waals surface area contributed by atoms with E-state index in [1.165, 1.54) is 0 Å². The predicted octanol–water partition coefficient (Wildman–Crippen LogP) is 5.46. The van der Waals surface area contributed by atoms with Crippen molar-refractivity contribution in [3.05, 3.63) is 77.3 Å². The topological polar surface area (TPSA) is 64.3 Å². The molecule has 2 aromatic heterocycles. The Morgan fingerprint density at radius 2 is 1.66 bits per heavy atom. The highest BCUT2D eigenvalue weighted by Crippen LogP contribution is 2.29. The zero-order valence-corrected chi connectivity index (χ0v) is 17.1. The van der Waals surface area contributed by atoms with Crippen molar-refractivity contribution in [1.29, 1.82) is 0 Å². The van der Waals surface area contributed by atoms with Gasteiger partial charge in [-0.25, -0.2) is 9.38 Å². The first kappa shape index (κ1) is 17.6. The summed E-state index contributed by atoms with van der Waals surface area (Å²) in [6.45, 7) is 0. The molecule has 142 valence electrons. The van der Waals surface area contributed by atoms with Gasteiger partial charge in [0.05, 0.1) is 12.6 Å². The highest BCUT2D eigenvalue weighted by atomic mass is 79.9. The van der Waals surface area contributed by atoms with Crippen LogP contribution in [0.1, 0.15) is 0 Å². The molecule has 2 heterocycles. The van der Waals surface area contributed by atoms with Gasteiger partial charge in [0.1, 0.15) is 5.75 Å².